The van der Waals surface area contributed by atoms with Crippen LogP contribution in [-0.4, -0.2) is 16.7 Å². The van der Waals surface area contributed by atoms with Gasteiger partial charge in [-0.25, -0.2) is 4.98 Å². The average Bonchev–Trinajstić information content (AvgIpc) is 3.11. The van der Waals surface area contributed by atoms with Gasteiger partial charge in [0.2, 0.25) is 5.91 Å². The maximum absolute atomic E-state index is 12.3. The van der Waals surface area contributed by atoms with Crippen molar-refractivity contribution in [2.75, 3.05) is 4.90 Å². The molecule has 142 valence electrons. The van der Waals surface area contributed by atoms with Crippen LogP contribution < -0.4 is 4.90 Å². The molecule has 0 saturated heterocycles. The Hall–Kier alpha value is -2.76. The fraction of sp³-hybridized carbons (Fsp3) is 0.136. The molecule has 6 heteroatoms. The van der Waals surface area contributed by atoms with Gasteiger partial charge in [0.15, 0.2) is 10.9 Å². The Bertz CT molecular complexity index is 1030. The molecule has 0 aliphatic heterocycles. The van der Waals surface area contributed by atoms with Crippen LogP contribution in [0, 0.1) is 13.8 Å². The molecule has 0 atom stereocenters. The number of hydrogen-bond donors (Lipinski definition) is 0. The molecule has 0 aliphatic carbocycles. The summed E-state index contributed by atoms with van der Waals surface area (Å²) in [5.41, 5.74) is 4.02. The van der Waals surface area contributed by atoms with Crippen LogP contribution in [0.15, 0.2) is 53.9 Å². The Morgan fingerprint density at radius 3 is 2.32 bits per heavy atom. The van der Waals surface area contributed by atoms with Crippen molar-refractivity contribution in [3.63, 3.8) is 0 Å². The first kappa shape index (κ1) is 20.0. The van der Waals surface area contributed by atoms with Crippen molar-refractivity contribution in [1.82, 2.24) is 4.98 Å². The minimum atomic E-state index is -0.135. The number of amides is 1. The Balaban J connectivity index is 1.86. The summed E-state index contributed by atoms with van der Waals surface area (Å²) in [5.74, 6) is -0.246. The van der Waals surface area contributed by atoms with Gasteiger partial charge in [-0.15, -0.1) is 11.3 Å². The third-order valence-electron chi connectivity index (χ3n) is 4.21. The van der Waals surface area contributed by atoms with E-state index in [2.05, 4.69) is 4.98 Å². The van der Waals surface area contributed by atoms with Crippen molar-refractivity contribution in [3.8, 4) is 0 Å². The summed E-state index contributed by atoms with van der Waals surface area (Å²) in [4.78, 5) is 30.8. The van der Waals surface area contributed by atoms with E-state index < -0.39 is 0 Å². The molecule has 3 aromatic rings. The van der Waals surface area contributed by atoms with Crippen LogP contribution in [0.3, 0.4) is 0 Å². The Labute approximate surface area is 173 Å². The molecule has 2 aromatic carbocycles. The lowest BCUT2D eigenvalue weighted by Crippen LogP contribution is -2.24. The minimum absolute atomic E-state index is 0.112. The van der Waals surface area contributed by atoms with Gasteiger partial charge in [-0.1, -0.05) is 29.8 Å². The first-order valence-corrected chi connectivity index (χ1v) is 9.93. The molecule has 0 N–H and O–H groups in total. The number of nitrogens with zero attached hydrogens (tertiary/aromatic N) is 2. The summed E-state index contributed by atoms with van der Waals surface area (Å²) in [6.45, 7) is 5.46. The molecule has 0 radical (unpaired) electrons. The van der Waals surface area contributed by atoms with Crippen molar-refractivity contribution >= 4 is 51.5 Å². The summed E-state index contributed by atoms with van der Waals surface area (Å²) in [7, 11) is 0. The summed E-state index contributed by atoms with van der Waals surface area (Å²) in [5, 5.41) is 2.98. The second-order valence-electron chi connectivity index (χ2n) is 6.35. The fourth-order valence-corrected chi connectivity index (χ4v) is 3.84. The van der Waals surface area contributed by atoms with Crippen LogP contribution in [0.25, 0.3) is 6.08 Å². The number of aromatic nitrogens is 1. The number of hydrogen-bond acceptors (Lipinski definition) is 4. The van der Waals surface area contributed by atoms with Crippen LogP contribution in [0.1, 0.15) is 34.1 Å². The lowest BCUT2D eigenvalue weighted by molar-refractivity contribution is -0.115. The lowest BCUT2D eigenvalue weighted by atomic mass is 10.1. The number of halogens is 1. The number of benzene rings is 2. The van der Waals surface area contributed by atoms with Gasteiger partial charge < -0.3 is 0 Å². The minimum Gasteiger partial charge on any atom is -0.289 e. The molecule has 28 heavy (non-hydrogen) atoms. The molecule has 1 aromatic heterocycles. The van der Waals surface area contributed by atoms with Gasteiger partial charge in [-0.05, 0) is 61.4 Å². The molecule has 3 rings (SSSR count). The van der Waals surface area contributed by atoms with E-state index in [-0.39, 0.29) is 11.7 Å². The second-order valence-corrected chi connectivity index (χ2v) is 7.63. The summed E-state index contributed by atoms with van der Waals surface area (Å²) < 4.78 is 0. The quantitative estimate of drug-likeness (QED) is 0.383. The van der Waals surface area contributed by atoms with Gasteiger partial charge in [0, 0.05) is 22.9 Å². The highest BCUT2D eigenvalue weighted by Gasteiger charge is 2.21. The number of para-hydroxylation sites is 1. The lowest BCUT2D eigenvalue weighted by Gasteiger charge is -2.22. The van der Waals surface area contributed by atoms with Gasteiger partial charge >= 0.3 is 0 Å². The number of thiazole rings is 1. The van der Waals surface area contributed by atoms with Crippen molar-refractivity contribution in [1.29, 1.82) is 0 Å². The zero-order valence-corrected chi connectivity index (χ0v) is 17.3. The number of carbonyl (C=O) groups is 2. The van der Waals surface area contributed by atoms with Gasteiger partial charge in [0.1, 0.15) is 0 Å². The predicted molar refractivity (Wildman–Crippen MR) is 116 cm³/mol. The van der Waals surface area contributed by atoms with E-state index in [0.717, 1.165) is 16.8 Å². The van der Waals surface area contributed by atoms with E-state index >= 15 is 0 Å². The maximum atomic E-state index is 12.3. The number of anilines is 2. The van der Waals surface area contributed by atoms with Crippen molar-refractivity contribution < 1.29 is 9.59 Å². The number of carbonyl (C=O) groups excluding carboxylic acids is 2. The predicted octanol–water partition coefficient (Wildman–Crippen LogP) is 5.99. The van der Waals surface area contributed by atoms with Crippen LogP contribution >= 0.6 is 22.9 Å². The molecule has 4 nitrogen and oxygen atoms in total. The first-order chi connectivity index (χ1) is 13.4. The van der Waals surface area contributed by atoms with Gasteiger partial charge in [0.25, 0.3) is 0 Å². The normalized spacial score (nSPS) is 11.0. The van der Waals surface area contributed by atoms with Gasteiger partial charge in [-0.2, -0.15) is 0 Å². The molecule has 0 bridgehead atoms. The summed E-state index contributed by atoms with van der Waals surface area (Å²) >= 11 is 7.21. The van der Waals surface area contributed by atoms with Crippen LogP contribution in [0.4, 0.5) is 10.8 Å². The number of rotatable bonds is 5. The summed E-state index contributed by atoms with van der Waals surface area (Å²) in [6, 6.07) is 12.6. The zero-order valence-electron chi connectivity index (χ0n) is 15.8. The van der Waals surface area contributed by atoms with Crippen molar-refractivity contribution in [3.05, 3.63) is 81.3 Å². The highest BCUT2D eigenvalue weighted by molar-refractivity contribution is 7.14. The average molecular weight is 411 g/mol. The third-order valence-corrected chi connectivity index (χ3v) is 5.31. The van der Waals surface area contributed by atoms with Gasteiger partial charge in [0.05, 0.1) is 11.4 Å². The molecule has 1 heterocycles. The molecular formula is C22H19ClN2O2S. The first-order valence-electron chi connectivity index (χ1n) is 8.67. The Kier molecular flexibility index (Phi) is 6.07. The molecule has 1 amide bonds. The molecule has 0 aliphatic rings. The molecule has 0 fully saturated rings. The molecule has 0 unspecified atom stereocenters. The van der Waals surface area contributed by atoms with E-state index in [1.165, 1.54) is 24.3 Å². The number of ketones is 1. The van der Waals surface area contributed by atoms with E-state index in [1.54, 1.807) is 35.2 Å². The third kappa shape index (κ3) is 4.38. The smallest absolute Gasteiger partial charge is 0.230 e. The molecule has 0 saturated carbocycles. The number of allylic oxidation sites excluding steroid dienone is 1. The van der Waals surface area contributed by atoms with Crippen molar-refractivity contribution in [2.45, 2.75) is 20.8 Å². The second kappa shape index (κ2) is 8.50. The van der Waals surface area contributed by atoms with Crippen LogP contribution in [0.5, 0.6) is 0 Å². The standard InChI is InChI=1S/C22H19ClN2O2S/c1-14-5-4-6-15(2)21(14)25(16(3)26)22-24-19(13-28-22)11-12-20(27)17-7-9-18(23)10-8-17/h4-13H,1-3H3. The SMILES string of the molecule is CC(=O)N(c1nc(C=CC(=O)c2ccc(Cl)cc2)cs1)c1c(C)cccc1C. The maximum Gasteiger partial charge on any atom is 0.230 e. The highest BCUT2D eigenvalue weighted by Crippen LogP contribution is 2.33. The van der Waals surface area contributed by atoms with Crippen molar-refractivity contribution in [2.24, 2.45) is 0 Å². The summed E-state index contributed by atoms with van der Waals surface area (Å²) in [6.07, 6.45) is 3.12. The van der Waals surface area contributed by atoms with E-state index in [0.29, 0.717) is 21.4 Å². The fourth-order valence-electron chi connectivity index (χ4n) is 2.87. The topological polar surface area (TPSA) is 50.3 Å². The Morgan fingerprint density at radius 1 is 1.07 bits per heavy atom. The van der Waals surface area contributed by atoms with E-state index in [4.69, 9.17) is 11.6 Å². The zero-order chi connectivity index (χ0) is 20.3. The molecular weight excluding hydrogens is 392 g/mol. The van der Waals surface area contributed by atoms with Crippen LogP contribution in [0.2, 0.25) is 5.02 Å². The molecule has 0 spiro atoms. The van der Waals surface area contributed by atoms with Crippen LogP contribution in [-0.2, 0) is 4.79 Å². The number of aryl methyl sites for hydroxylation is 2. The Morgan fingerprint density at radius 2 is 1.71 bits per heavy atom. The highest BCUT2D eigenvalue weighted by atomic mass is 35.5. The largest absolute Gasteiger partial charge is 0.289 e. The van der Waals surface area contributed by atoms with E-state index in [9.17, 15) is 9.59 Å². The monoisotopic (exact) mass is 410 g/mol. The van der Waals surface area contributed by atoms with E-state index in [1.807, 2.05) is 37.4 Å². The van der Waals surface area contributed by atoms with Gasteiger partial charge in [-0.3, -0.25) is 14.5 Å².